The zero-order chi connectivity index (χ0) is 17.4. The number of benzene rings is 1. The first-order valence-electron chi connectivity index (χ1n) is 8.45. The molecule has 1 aliphatic rings. The maximum absolute atomic E-state index is 12.9. The minimum Gasteiger partial charge on any atom is -0.293 e. The van der Waals surface area contributed by atoms with Gasteiger partial charge >= 0.3 is 0 Å². The van der Waals surface area contributed by atoms with E-state index in [2.05, 4.69) is 0 Å². The van der Waals surface area contributed by atoms with Crippen molar-refractivity contribution in [1.82, 2.24) is 9.55 Å². The summed E-state index contributed by atoms with van der Waals surface area (Å²) in [6.45, 7) is 2.51. The van der Waals surface area contributed by atoms with Crippen LogP contribution in [0.2, 0.25) is 0 Å². The maximum Gasteiger partial charge on any atom is 0.263 e. The Hall–Kier alpha value is -1.92. The van der Waals surface area contributed by atoms with Gasteiger partial charge in [0.05, 0.1) is 11.1 Å². The molecule has 128 valence electrons. The van der Waals surface area contributed by atoms with Crippen molar-refractivity contribution in [3.8, 4) is 0 Å². The lowest BCUT2D eigenvalue weighted by Gasteiger charge is -2.10. The van der Waals surface area contributed by atoms with Gasteiger partial charge in [-0.15, -0.1) is 11.3 Å². The number of aromatic nitrogens is 2. The third-order valence-electron chi connectivity index (χ3n) is 4.53. The Morgan fingerprint density at radius 1 is 1.28 bits per heavy atom. The molecule has 0 fully saturated rings. The third-order valence-corrected chi connectivity index (χ3v) is 6.70. The molecule has 0 saturated heterocycles. The van der Waals surface area contributed by atoms with Crippen LogP contribution in [0.4, 0.5) is 0 Å². The first-order chi connectivity index (χ1) is 12.2. The van der Waals surface area contributed by atoms with E-state index in [0.717, 1.165) is 29.5 Å². The summed E-state index contributed by atoms with van der Waals surface area (Å²) >= 11 is 3.00. The minimum absolute atomic E-state index is 0.0431. The Morgan fingerprint density at radius 2 is 2.08 bits per heavy atom. The van der Waals surface area contributed by atoms with Crippen molar-refractivity contribution in [2.45, 2.75) is 37.9 Å². The highest BCUT2D eigenvalue weighted by molar-refractivity contribution is 7.99. The number of carbonyl (C=O) groups is 1. The first-order valence-corrected chi connectivity index (χ1v) is 10.3. The molecule has 0 radical (unpaired) electrons. The van der Waals surface area contributed by atoms with Crippen LogP contribution in [0.3, 0.4) is 0 Å². The van der Waals surface area contributed by atoms with E-state index in [1.54, 1.807) is 15.9 Å². The number of hydrogen-bond acceptors (Lipinski definition) is 5. The second-order valence-corrected chi connectivity index (χ2v) is 8.09. The van der Waals surface area contributed by atoms with E-state index in [1.807, 2.05) is 37.3 Å². The van der Waals surface area contributed by atoms with Crippen molar-refractivity contribution < 1.29 is 4.79 Å². The minimum atomic E-state index is 0.0431. The number of nitrogens with zero attached hydrogens (tertiary/aromatic N) is 2. The number of carbonyl (C=O) groups excluding carboxylic acids is 1. The summed E-state index contributed by atoms with van der Waals surface area (Å²) in [5, 5.41) is 1.45. The number of rotatable bonds is 5. The molecular formula is C19H18N2O2S2. The van der Waals surface area contributed by atoms with Gasteiger partial charge in [0.15, 0.2) is 10.9 Å². The topological polar surface area (TPSA) is 52.0 Å². The van der Waals surface area contributed by atoms with Crippen LogP contribution in [0.1, 0.15) is 34.1 Å². The predicted octanol–water partition coefficient (Wildman–Crippen LogP) is 3.94. The van der Waals surface area contributed by atoms with Gasteiger partial charge in [0.1, 0.15) is 4.83 Å². The van der Waals surface area contributed by atoms with Gasteiger partial charge in [-0.1, -0.05) is 42.1 Å². The van der Waals surface area contributed by atoms with Crippen LogP contribution in [0, 0.1) is 0 Å². The second-order valence-electron chi connectivity index (χ2n) is 6.06. The molecule has 4 rings (SSSR count). The fourth-order valence-corrected chi connectivity index (χ4v) is 5.54. The molecule has 0 unspecified atom stereocenters. The number of ketones is 1. The van der Waals surface area contributed by atoms with Crippen LogP contribution in [0.25, 0.3) is 10.2 Å². The van der Waals surface area contributed by atoms with E-state index in [4.69, 9.17) is 4.98 Å². The molecular weight excluding hydrogens is 352 g/mol. The molecule has 0 spiro atoms. The fraction of sp³-hybridized carbons (Fsp3) is 0.316. The van der Waals surface area contributed by atoms with Crippen molar-refractivity contribution >= 4 is 39.1 Å². The van der Waals surface area contributed by atoms with Crippen LogP contribution < -0.4 is 5.56 Å². The SMILES string of the molecule is CCn1c(SCC(=O)c2ccccc2)nc2sc3c(c2c1=O)CCC3. The lowest BCUT2D eigenvalue weighted by Crippen LogP contribution is -2.23. The summed E-state index contributed by atoms with van der Waals surface area (Å²) in [7, 11) is 0. The highest BCUT2D eigenvalue weighted by Crippen LogP contribution is 2.35. The summed E-state index contributed by atoms with van der Waals surface area (Å²) in [5.41, 5.74) is 1.94. The summed E-state index contributed by atoms with van der Waals surface area (Å²) in [6, 6.07) is 9.24. The largest absolute Gasteiger partial charge is 0.293 e. The van der Waals surface area contributed by atoms with E-state index < -0.39 is 0 Å². The van der Waals surface area contributed by atoms with Crippen LogP contribution in [-0.2, 0) is 19.4 Å². The monoisotopic (exact) mass is 370 g/mol. The summed E-state index contributed by atoms with van der Waals surface area (Å²) in [6.07, 6.45) is 3.16. The Kier molecular flexibility index (Phi) is 4.48. The average molecular weight is 370 g/mol. The molecule has 0 amide bonds. The van der Waals surface area contributed by atoms with Crippen molar-refractivity contribution in [3.63, 3.8) is 0 Å². The van der Waals surface area contributed by atoms with Gasteiger partial charge in [0.25, 0.3) is 5.56 Å². The highest BCUT2D eigenvalue weighted by atomic mass is 32.2. The lowest BCUT2D eigenvalue weighted by atomic mass is 10.2. The zero-order valence-corrected chi connectivity index (χ0v) is 15.6. The van der Waals surface area contributed by atoms with Crippen LogP contribution in [0.5, 0.6) is 0 Å². The molecule has 2 heterocycles. The number of aryl methyl sites for hydroxylation is 2. The van der Waals surface area contributed by atoms with Crippen LogP contribution >= 0.6 is 23.1 Å². The lowest BCUT2D eigenvalue weighted by molar-refractivity contribution is 0.102. The van der Waals surface area contributed by atoms with Gasteiger partial charge in [-0.2, -0.15) is 0 Å². The van der Waals surface area contributed by atoms with E-state index in [-0.39, 0.29) is 17.1 Å². The first kappa shape index (κ1) is 16.5. The molecule has 2 aromatic heterocycles. The molecule has 0 saturated carbocycles. The smallest absolute Gasteiger partial charge is 0.263 e. The van der Waals surface area contributed by atoms with Crippen LogP contribution in [0.15, 0.2) is 40.3 Å². The Labute approximate surface area is 153 Å². The van der Waals surface area contributed by atoms with E-state index in [9.17, 15) is 9.59 Å². The van der Waals surface area contributed by atoms with Crippen molar-refractivity contribution in [2.75, 3.05) is 5.75 Å². The summed E-state index contributed by atoms with van der Waals surface area (Å²) in [5.74, 6) is 0.337. The van der Waals surface area contributed by atoms with E-state index in [0.29, 0.717) is 17.3 Å². The number of Topliss-reactive ketones (excluding diaryl/α,β-unsaturated/α-hetero) is 1. The normalized spacial score (nSPS) is 13.3. The molecule has 1 aromatic carbocycles. The number of thioether (sulfide) groups is 1. The molecule has 3 aromatic rings. The van der Waals surface area contributed by atoms with Crippen molar-refractivity contribution in [1.29, 1.82) is 0 Å². The summed E-state index contributed by atoms with van der Waals surface area (Å²) in [4.78, 5) is 32.2. The van der Waals surface area contributed by atoms with Gasteiger partial charge in [0, 0.05) is 17.0 Å². The van der Waals surface area contributed by atoms with Crippen molar-refractivity contribution in [3.05, 3.63) is 56.7 Å². The molecule has 25 heavy (non-hydrogen) atoms. The summed E-state index contributed by atoms with van der Waals surface area (Å²) < 4.78 is 1.70. The molecule has 0 bridgehead atoms. The number of thiophene rings is 1. The van der Waals surface area contributed by atoms with Gasteiger partial charge in [0.2, 0.25) is 0 Å². The predicted molar refractivity (Wildman–Crippen MR) is 103 cm³/mol. The molecule has 6 heteroatoms. The standard InChI is InChI=1S/C19H18N2O2S2/c1-2-21-18(23)16-13-9-6-10-15(13)25-17(16)20-19(21)24-11-14(22)12-7-4-3-5-8-12/h3-5,7-8H,2,6,9-11H2,1H3. The van der Waals surface area contributed by atoms with Crippen molar-refractivity contribution in [2.24, 2.45) is 0 Å². The molecule has 0 atom stereocenters. The highest BCUT2D eigenvalue weighted by Gasteiger charge is 2.23. The van der Waals surface area contributed by atoms with Gasteiger partial charge in [-0.25, -0.2) is 4.98 Å². The van der Waals surface area contributed by atoms with Gasteiger partial charge in [-0.05, 0) is 31.7 Å². The quantitative estimate of drug-likeness (QED) is 0.388. The third kappa shape index (κ3) is 2.93. The molecule has 4 nitrogen and oxygen atoms in total. The van der Waals surface area contributed by atoms with Gasteiger partial charge in [-0.3, -0.25) is 14.2 Å². The van der Waals surface area contributed by atoms with E-state index >= 15 is 0 Å². The second kappa shape index (κ2) is 6.77. The maximum atomic E-state index is 12.9. The Morgan fingerprint density at radius 3 is 2.84 bits per heavy atom. The van der Waals surface area contributed by atoms with Crippen LogP contribution in [-0.4, -0.2) is 21.1 Å². The fourth-order valence-electron chi connectivity index (χ4n) is 3.28. The molecule has 0 N–H and O–H groups in total. The number of fused-ring (bicyclic) bond motifs is 3. The van der Waals surface area contributed by atoms with E-state index in [1.165, 1.54) is 22.2 Å². The average Bonchev–Trinajstić information content (AvgIpc) is 3.21. The zero-order valence-electron chi connectivity index (χ0n) is 13.9. The Bertz CT molecular complexity index is 1010. The molecule has 0 aliphatic heterocycles. The van der Waals surface area contributed by atoms with Gasteiger partial charge < -0.3 is 0 Å². The number of hydrogen-bond donors (Lipinski definition) is 0. The molecule has 1 aliphatic carbocycles. The Balaban J connectivity index is 1.68.